The van der Waals surface area contributed by atoms with Crippen LogP contribution < -0.4 is 10.9 Å². The van der Waals surface area contributed by atoms with Crippen LogP contribution in [-0.4, -0.2) is 30.5 Å². The maximum Gasteiger partial charge on any atom is 0.262 e. The van der Waals surface area contributed by atoms with E-state index in [4.69, 9.17) is 11.6 Å². The second kappa shape index (κ2) is 8.59. The highest BCUT2D eigenvalue weighted by Crippen LogP contribution is 2.27. The lowest BCUT2D eigenvalue weighted by atomic mass is 10.2. The molecular formula is C20H24ClN5O2S. The third kappa shape index (κ3) is 4.48. The summed E-state index contributed by atoms with van der Waals surface area (Å²) in [6, 6.07) is 6.81. The maximum absolute atomic E-state index is 13.0. The van der Waals surface area contributed by atoms with E-state index in [-0.39, 0.29) is 23.6 Å². The fourth-order valence-electron chi connectivity index (χ4n) is 2.95. The molecule has 1 aromatic carbocycles. The van der Waals surface area contributed by atoms with Gasteiger partial charge in [0.1, 0.15) is 5.82 Å². The van der Waals surface area contributed by atoms with Crippen molar-refractivity contribution in [1.82, 2.24) is 19.3 Å². The first-order valence-corrected chi connectivity index (χ1v) is 10.7. The second-order valence-corrected chi connectivity index (χ2v) is 9.07. The first kappa shape index (κ1) is 21.4. The number of amides is 1. The highest BCUT2D eigenvalue weighted by Gasteiger charge is 2.22. The minimum Gasteiger partial charge on any atom is -0.310 e. The molecule has 154 valence electrons. The Kier molecular flexibility index (Phi) is 6.33. The van der Waals surface area contributed by atoms with Crippen LogP contribution in [0, 0.1) is 0 Å². The molecule has 0 aliphatic heterocycles. The highest BCUT2D eigenvalue weighted by molar-refractivity contribution is 8.00. The number of fused-ring (bicyclic) bond motifs is 1. The molecule has 0 bridgehead atoms. The van der Waals surface area contributed by atoms with E-state index in [0.717, 1.165) is 0 Å². The minimum absolute atomic E-state index is 0.102. The maximum atomic E-state index is 13.0. The molecule has 1 N–H and O–H groups in total. The average Bonchev–Trinajstić information content (AvgIpc) is 3.09. The second-order valence-electron chi connectivity index (χ2n) is 7.33. The van der Waals surface area contributed by atoms with Gasteiger partial charge in [0, 0.05) is 23.2 Å². The molecule has 0 aliphatic carbocycles. The summed E-state index contributed by atoms with van der Waals surface area (Å²) in [7, 11) is 0. The Morgan fingerprint density at radius 3 is 2.52 bits per heavy atom. The topological polar surface area (TPSA) is 81.8 Å². The smallest absolute Gasteiger partial charge is 0.262 e. The van der Waals surface area contributed by atoms with E-state index >= 15 is 0 Å². The summed E-state index contributed by atoms with van der Waals surface area (Å²) in [5.74, 6) is 0.449. The van der Waals surface area contributed by atoms with Gasteiger partial charge in [-0.25, -0.2) is 9.67 Å². The summed E-state index contributed by atoms with van der Waals surface area (Å²) < 4.78 is 3.36. The normalized spacial score (nSPS) is 12.7. The summed E-state index contributed by atoms with van der Waals surface area (Å²) in [6.45, 7) is 9.61. The molecule has 0 radical (unpaired) electrons. The number of benzene rings is 1. The van der Waals surface area contributed by atoms with E-state index in [0.29, 0.717) is 26.9 Å². The van der Waals surface area contributed by atoms with Crippen LogP contribution in [0.3, 0.4) is 0 Å². The van der Waals surface area contributed by atoms with Gasteiger partial charge in [-0.2, -0.15) is 5.10 Å². The summed E-state index contributed by atoms with van der Waals surface area (Å²) >= 11 is 7.32. The van der Waals surface area contributed by atoms with E-state index in [1.54, 1.807) is 46.6 Å². The highest BCUT2D eigenvalue weighted by atomic mass is 35.5. The molecule has 3 aromatic rings. The average molecular weight is 434 g/mol. The molecule has 1 atom stereocenters. The Morgan fingerprint density at radius 1 is 1.14 bits per heavy atom. The van der Waals surface area contributed by atoms with E-state index in [9.17, 15) is 9.59 Å². The Bertz CT molecular complexity index is 1110. The molecule has 9 heteroatoms. The van der Waals surface area contributed by atoms with Gasteiger partial charge in [-0.05, 0) is 52.8 Å². The number of nitrogens with zero attached hydrogens (tertiary/aromatic N) is 4. The largest absolute Gasteiger partial charge is 0.310 e. The third-order valence-corrected chi connectivity index (χ3v) is 5.71. The SMILES string of the molecule is CC(C)n1nccc1NC(=O)[C@H](C)Sc1nc2cc(Cl)ccc2c(=O)n1C(C)C. The standard InChI is InChI=1S/C20H24ClN5O2S/c1-11(2)25-19(28)15-7-6-14(21)10-16(15)23-20(25)29-13(5)18(27)24-17-8-9-22-26(17)12(3)4/h6-13H,1-5H3,(H,24,27)/t13-/m0/s1. The molecule has 0 spiro atoms. The van der Waals surface area contributed by atoms with Crippen LogP contribution >= 0.6 is 23.4 Å². The lowest BCUT2D eigenvalue weighted by Gasteiger charge is -2.19. The monoisotopic (exact) mass is 433 g/mol. The molecule has 1 amide bonds. The van der Waals surface area contributed by atoms with Crippen molar-refractivity contribution in [1.29, 1.82) is 0 Å². The number of hydrogen-bond donors (Lipinski definition) is 1. The van der Waals surface area contributed by atoms with Crippen LogP contribution in [0.5, 0.6) is 0 Å². The quantitative estimate of drug-likeness (QED) is 0.456. The number of rotatable bonds is 6. The van der Waals surface area contributed by atoms with E-state index in [2.05, 4.69) is 15.4 Å². The van der Waals surface area contributed by atoms with Crippen LogP contribution in [-0.2, 0) is 4.79 Å². The first-order chi connectivity index (χ1) is 13.7. The zero-order valence-electron chi connectivity index (χ0n) is 17.0. The van der Waals surface area contributed by atoms with Crippen LogP contribution in [0.2, 0.25) is 5.02 Å². The summed E-state index contributed by atoms with van der Waals surface area (Å²) in [6.07, 6.45) is 1.65. The van der Waals surface area contributed by atoms with Crippen molar-refractivity contribution >= 4 is 46.0 Å². The lowest BCUT2D eigenvalue weighted by Crippen LogP contribution is -2.28. The molecule has 0 saturated heterocycles. The molecule has 2 aromatic heterocycles. The number of carbonyl (C=O) groups excluding carboxylic acids is 1. The van der Waals surface area contributed by atoms with Gasteiger partial charge in [-0.1, -0.05) is 23.4 Å². The van der Waals surface area contributed by atoms with Crippen molar-refractivity contribution in [3.63, 3.8) is 0 Å². The van der Waals surface area contributed by atoms with Crippen molar-refractivity contribution < 1.29 is 4.79 Å². The van der Waals surface area contributed by atoms with Crippen molar-refractivity contribution in [2.45, 2.75) is 57.1 Å². The van der Waals surface area contributed by atoms with Gasteiger partial charge in [0.15, 0.2) is 5.16 Å². The third-order valence-electron chi connectivity index (χ3n) is 4.41. The van der Waals surface area contributed by atoms with Crippen molar-refractivity contribution in [2.24, 2.45) is 0 Å². The van der Waals surface area contributed by atoms with Gasteiger partial charge >= 0.3 is 0 Å². The zero-order valence-corrected chi connectivity index (χ0v) is 18.6. The predicted molar refractivity (Wildman–Crippen MR) is 118 cm³/mol. The van der Waals surface area contributed by atoms with E-state index in [1.807, 2.05) is 27.7 Å². The Labute approximate surface area is 178 Å². The number of anilines is 1. The molecule has 2 heterocycles. The number of nitrogens with one attached hydrogen (secondary N) is 1. The van der Waals surface area contributed by atoms with Gasteiger partial charge in [0.2, 0.25) is 5.91 Å². The first-order valence-electron chi connectivity index (χ1n) is 9.42. The number of halogens is 1. The Morgan fingerprint density at radius 2 is 1.86 bits per heavy atom. The predicted octanol–water partition coefficient (Wildman–Crippen LogP) is 4.53. The van der Waals surface area contributed by atoms with Gasteiger partial charge in [-0.15, -0.1) is 0 Å². The van der Waals surface area contributed by atoms with Gasteiger partial charge in [0.05, 0.1) is 22.3 Å². The van der Waals surface area contributed by atoms with E-state index < -0.39 is 5.25 Å². The van der Waals surface area contributed by atoms with Gasteiger partial charge in [0.25, 0.3) is 5.56 Å². The summed E-state index contributed by atoms with van der Waals surface area (Å²) in [5, 5.41) is 8.16. The fourth-order valence-corrected chi connectivity index (χ4v) is 4.16. The van der Waals surface area contributed by atoms with Gasteiger partial charge in [-0.3, -0.25) is 14.2 Å². The van der Waals surface area contributed by atoms with E-state index in [1.165, 1.54) is 11.8 Å². The molecule has 0 fully saturated rings. The van der Waals surface area contributed by atoms with Crippen LogP contribution in [0.25, 0.3) is 10.9 Å². The Hall–Kier alpha value is -2.32. The van der Waals surface area contributed by atoms with Crippen molar-refractivity contribution in [3.05, 3.63) is 45.8 Å². The molecule has 7 nitrogen and oxygen atoms in total. The van der Waals surface area contributed by atoms with Gasteiger partial charge < -0.3 is 5.32 Å². The van der Waals surface area contributed by atoms with Crippen molar-refractivity contribution in [3.8, 4) is 0 Å². The molecule has 0 unspecified atom stereocenters. The molecule has 0 saturated carbocycles. The molecule has 0 aliphatic rings. The van der Waals surface area contributed by atoms with Crippen molar-refractivity contribution in [2.75, 3.05) is 5.32 Å². The molecule has 3 rings (SSSR count). The molecule has 29 heavy (non-hydrogen) atoms. The number of aromatic nitrogens is 4. The minimum atomic E-state index is -0.473. The summed E-state index contributed by atoms with van der Waals surface area (Å²) in [5.41, 5.74) is 0.377. The number of hydrogen-bond acceptors (Lipinski definition) is 5. The summed E-state index contributed by atoms with van der Waals surface area (Å²) in [4.78, 5) is 30.4. The van der Waals surface area contributed by atoms with Crippen LogP contribution in [0.15, 0.2) is 40.4 Å². The van der Waals surface area contributed by atoms with Crippen LogP contribution in [0.4, 0.5) is 5.82 Å². The Balaban J connectivity index is 1.92. The number of carbonyl (C=O) groups is 1. The van der Waals surface area contributed by atoms with Crippen LogP contribution in [0.1, 0.15) is 46.7 Å². The fraction of sp³-hybridized carbons (Fsp3) is 0.400. The number of thioether (sulfide) groups is 1. The molecular weight excluding hydrogens is 410 g/mol. The lowest BCUT2D eigenvalue weighted by molar-refractivity contribution is -0.115. The zero-order chi connectivity index (χ0) is 21.3.